The molecule has 0 aliphatic rings. The summed E-state index contributed by atoms with van der Waals surface area (Å²) in [5.74, 6) is -1.26. The minimum atomic E-state index is -1.11. The molecule has 2 aromatic heterocycles. The van der Waals surface area contributed by atoms with Crippen molar-refractivity contribution in [3.63, 3.8) is 0 Å². The van der Waals surface area contributed by atoms with E-state index in [1.54, 1.807) is 6.92 Å². The molecule has 0 atom stereocenters. The molecule has 0 saturated heterocycles. The molecule has 68 valence electrons. The van der Waals surface area contributed by atoms with Crippen LogP contribution in [0.25, 0.3) is 10.2 Å². The quantitative estimate of drug-likeness (QED) is 0.764. The minimum Gasteiger partial charge on any atom is -0.505 e. The van der Waals surface area contributed by atoms with Gasteiger partial charge in [0.25, 0.3) is 0 Å². The second kappa shape index (κ2) is 2.68. The highest BCUT2D eigenvalue weighted by molar-refractivity contribution is 7.23. The average Bonchev–Trinajstić information content (AvgIpc) is 2.55. The summed E-state index contributed by atoms with van der Waals surface area (Å²) in [5.41, 5.74) is 0. The number of carbonyl (C=O) groups is 1. The van der Waals surface area contributed by atoms with Crippen molar-refractivity contribution in [2.45, 2.75) is 6.92 Å². The highest BCUT2D eigenvalue weighted by atomic mass is 32.1. The monoisotopic (exact) mass is 215 g/mol. The van der Waals surface area contributed by atoms with E-state index in [9.17, 15) is 9.90 Å². The minimum absolute atomic E-state index is 0.0339. The maximum atomic E-state index is 10.6. The third-order valence-electron chi connectivity index (χ3n) is 1.68. The van der Waals surface area contributed by atoms with Gasteiger partial charge < -0.3 is 10.2 Å². The van der Waals surface area contributed by atoms with Crippen molar-refractivity contribution >= 4 is 39.1 Å². The predicted molar refractivity (Wildman–Crippen MR) is 50.9 cm³/mol. The zero-order chi connectivity index (χ0) is 9.59. The van der Waals surface area contributed by atoms with Gasteiger partial charge in [0.05, 0.1) is 5.39 Å². The molecule has 0 spiro atoms. The number of hydrogen-bond acceptors (Lipinski definition) is 5. The Labute approximate surface area is 81.2 Å². The van der Waals surface area contributed by atoms with Crippen molar-refractivity contribution < 1.29 is 15.0 Å². The highest BCUT2D eigenvalue weighted by Gasteiger charge is 2.20. The Kier molecular flexibility index (Phi) is 1.74. The number of aromatic nitrogens is 1. The number of carboxylic acid groups (broad SMARTS) is 1. The van der Waals surface area contributed by atoms with E-state index in [-0.39, 0.29) is 10.6 Å². The summed E-state index contributed by atoms with van der Waals surface area (Å²) in [7, 11) is 0. The fourth-order valence-corrected chi connectivity index (χ4v) is 2.85. The van der Waals surface area contributed by atoms with Gasteiger partial charge in [-0.25, -0.2) is 4.79 Å². The molecule has 0 saturated carbocycles. The van der Waals surface area contributed by atoms with Crippen molar-refractivity contribution in [1.29, 1.82) is 0 Å². The van der Waals surface area contributed by atoms with Gasteiger partial charge in [-0.15, -0.1) is 11.3 Å². The maximum Gasteiger partial charge on any atom is 0.349 e. The number of carboxylic acids is 1. The number of hydrogen-bond donors (Lipinski definition) is 2. The van der Waals surface area contributed by atoms with Gasteiger partial charge in [-0.3, -0.25) is 0 Å². The van der Waals surface area contributed by atoms with Crippen LogP contribution in [-0.4, -0.2) is 20.6 Å². The molecule has 13 heavy (non-hydrogen) atoms. The van der Waals surface area contributed by atoms with E-state index in [4.69, 9.17) is 5.11 Å². The molecule has 0 fully saturated rings. The molecule has 4 nitrogen and oxygen atoms in total. The molecule has 2 rings (SSSR count). The summed E-state index contributed by atoms with van der Waals surface area (Å²) in [5, 5.41) is 18.8. The molecule has 0 unspecified atom stereocenters. The van der Waals surface area contributed by atoms with Gasteiger partial charge in [-0.1, -0.05) is 0 Å². The molecule has 2 aromatic rings. The van der Waals surface area contributed by atoms with Crippen LogP contribution in [0.2, 0.25) is 0 Å². The Hall–Kier alpha value is -1.14. The summed E-state index contributed by atoms with van der Waals surface area (Å²) in [6, 6.07) is 0. The first kappa shape index (κ1) is 8.46. The highest BCUT2D eigenvalue weighted by Crippen LogP contribution is 2.39. The van der Waals surface area contributed by atoms with Gasteiger partial charge >= 0.3 is 5.97 Å². The van der Waals surface area contributed by atoms with Crippen molar-refractivity contribution in [1.82, 2.24) is 4.37 Å². The van der Waals surface area contributed by atoms with Crippen molar-refractivity contribution in [2.24, 2.45) is 0 Å². The van der Waals surface area contributed by atoms with Crippen molar-refractivity contribution in [2.75, 3.05) is 0 Å². The molecule has 0 aliphatic heterocycles. The second-order valence-corrected chi connectivity index (χ2v) is 4.48. The zero-order valence-electron chi connectivity index (χ0n) is 6.57. The topological polar surface area (TPSA) is 70.4 Å². The molecule has 0 bridgehead atoms. The van der Waals surface area contributed by atoms with Crippen LogP contribution in [0.15, 0.2) is 0 Å². The second-order valence-electron chi connectivity index (χ2n) is 2.50. The smallest absolute Gasteiger partial charge is 0.349 e. The molecular formula is C7H5NO3S2. The molecule has 2 N–H and O–H groups in total. The van der Waals surface area contributed by atoms with Crippen molar-refractivity contribution in [3.05, 3.63) is 9.75 Å². The summed E-state index contributed by atoms with van der Waals surface area (Å²) in [6.07, 6.45) is 0. The van der Waals surface area contributed by atoms with Gasteiger partial charge in [0.15, 0.2) is 10.6 Å². The molecule has 0 aliphatic carbocycles. The number of rotatable bonds is 1. The summed E-state index contributed by atoms with van der Waals surface area (Å²) >= 11 is 2.27. The van der Waals surface area contributed by atoms with Crippen LogP contribution in [0, 0.1) is 6.92 Å². The van der Waals surface area contributed by atoms with Crippen LogP contribution in [-0.2, 0) is 0 Å². The van der Waals surface area contributed by atoms with Crippen molar-refractivity contribution in [3.8, 4) is 5.75 Å². The van der Waals surface area contributed by atoms with E-state index in [1.165, 1.54) is 11.5 Å². The first-order chi connectivity index (χ1) is 6.11. The molecule has 6 heteroatoms. The molecular weight excluding hydrogens is 210 g/mol. The lowest BCUT2D eigenvalue weighted by atomic mass is 10.3. The Balaban J connectivity index is 2.82. The lowest BCUT2D eigenvalue weighted by molar-refractivity contribution is 0.0699. The average molecular weight is 215 g/mol. The lowest BCUT2D eigenvalue weighted by Gasteiger charge is -1.89. The van der Waals surface area contributed by atoms with Gasteiger partial charge in [-0.05, 0) is 18.5 Å². The Bertz CT molecular complexity index is 485. The molecule has 0 aromatic carbocycles. The van der Waals surface area contributed by atoms with Crippen LogP contribution < -0.4 is 0 Å². The molecule has 0 amide bonds. The summed E-state index contributed by atoms with van der Waals surface area (Å²) in [4.78, 5) is 12.0. The number of aromatic carboxylic acids is 1. The Morgan fingerprint density at radius 2 is 2.23 bits per heavy atom. The third-order valence-corrected chi connectivity index (χ3v) is 3.60. The fraction of sp³-hybridized carbons (Fsp3) is 0.143. The predicted octanol–water partition coefficient (Wildman–Crippen LogP) is 2.07. The number of aryl methyl sites for hydroxylation is 1. The fourth-order valence-electron chi connectivity index (χ4n) is 1.09. The van der Waals surface area contributed by atoms with Gasteiger partial charge in [0.2, 0.25) is 0 Å². The van der Waals surface area contributed by atoms with Crippen LogP contribution in [0.5, 0.6) is 5.75 Å². The first-order valence-electron chi connectivity index (χ1n) is 3.42. The molecule has 0 radical (unpaired) electrons. The summed E-state index contributed by atoms with van der Waals surface area (Å²) < 4.78 is 4.02. The van der Waals surface area contributed by atoms with Crippen LogP contribution in [0.1, 0.15) is 14.5 Å². The Morgan fingerprint density at radius 3 is 2.77 bits per heavy atom. The normalized spacial score (nSPS) is 10.8. The van der Waals surface area contributed by atoms with Gasteiger partial charge in [-0.2, -0.15) is 4.37 Å². The van der Waals surface area contributed by atoms with Gasteiger partial charge in [0, 0.05) is 4.88 Å². The Morgan fingerprint density at radius 1 is 1.54 bits per heavy atom. The van der Waals surface area contributed by atoms with Crippen LogP contribution in [0.3, 0.4) is 0 Å². The van der Waals surface area contributed by atoms with Gasteiger partial charge in [0.1, 0.15) is 4.83 Å². The van der Waals surface area contributed by atoms with E-state index in [2.05, 4.69) is 4.37 Å². The lowest BCUT2D eigenvalue weighted by Crippen LogP contribution is -1.91. The van der Waals surface area contributed by atoms with E-state index < -0.39 is 5.97 Å². The SMILES string of the molecule is Cc1snc2sc(C(=O)O)c(O)c12. The maximum absolute atomic E-state index is 10.6. The first-order valence-corrected chi connectivity index (χ1v) is 5.01. The third kappa shape index (κ3) is 1.10. The number of aromatic hydroxyl groups is 1. The number of fused-ring (bicyclic) bond motifs is 1. The standard InChI is InChI=1S/C7H5NO3S2/c1-2-3-4(9)5(7(10)11)12-6(3)8-13-2/h9H,1H3,(H,10,11). The van der Waals surface area contributed by atoms with Crippen LogP contribution >= 0.6 is 22.9 Å². The van der Waals surface area contributed by atoms with Crippen LogP contribution in [0.4, 0.5) is 0 Å². The number of nitrogens with zero attached hydrogens (tertiary/aromatic N) is 1. The van der Waals surface area contributed by atoms with E-state index in [0.717, 1.165) is 16.2 Å². The van der Waals surface area contributed by atoms with E-state index >= 15 is 0 Å². The summed E-state index contributed by atoms with van der Waals surface area (Å²) in [6.45, 7) is 1.80. The molecule has 2 heterocycles. The number of thiophene rings is 1. The van der Waals surface area contributed by atoms with E-state index in [0.29, 0.717) is 10.2 Å². The zero-order valence-corrected chi connectivity index (χ0v) is 8.20. The largest absolute Gasteiger partial charge is 0.505 e. The van der Waals surface area contributed by atoms with E-state index in [1.807, 2.05) is 0 Å².